The molecule has 0 aromatic rings. The Morgan fingerprint density at radius 2 is 1.70 bits per heavy atom. The van der Waals surface area contributed by atoms with Crippen molar-refractivity contribution in [2.75, 3.05) is 6.26 Å². The Labute approximate surface area is 60.5 Å². The van der Waals surface area contributed by atoms with Crippen LogP contribution in [-0.2, 0) is 9.84 Å². The van der Waals surface area contributed by atoms with E-state index in [-0.39, 0.29) is 10.3 Å². The topological polar surface area (TPSA) is 60.2 Å². The van der Waals surface area contributed by atoms with E-state index in [9.17, 15) is 8.42 Å². The van der Waals surface area contributed by atoms with Gasteiger partial charge in [0, 0.05) is 11.8 Å². The summed E-state index contributed by atoms with van der Waals surface area (Å²) in [7, 11) is -2.82. The van der Waals surface area contributed by atoms with E-state index in [0.717, 1.165) is 0 Å². The monoisotopic (exact) mass is 161 g/mol. The molecule has 0 unspecified atom stereocenters. The maximum Gasteiger partial charge on any atom is 0.153 e. The molecule has 3 nitrogen and oxygen atoms in total. The Hall–Kier alpha value is -0.0900. The zero-order chi connectivity index (χ0) is 7.62. The van der Waals surface area contributed by atoms with Gasteiger partial charge in [-0.2, -0.15) is 0 Å². The molecule has 10 heavy (non-hydrogen) atoms. The zero-order valence-electron chi connectivity index (χ0n) is 5.92. The molecule has 0 saturated heterocycles. The van der Waals surface area contributed by atoms with Crippen molar-refractivity contribution in [1.29, 1.82) is 0 Å². The highest BCUT2D eigenvalue weighted by Gasteiger charge is 2.71. The summed E-state index contributed by atoms with van der Waals surface area (Å²) in [5.41, 5.74) is 5.61. The number of hydrogen-bond donors (Lipinski definition) is 1. The van der Waals surface area contributed by atoms with Gasteiger partial charge >= 0.3 is 0 Å². The van der Waals surface area contributed by atoms with E-state index in [2.05, 4.69) is 0 Å². The molecule has 3 saturated carbocycles. The molecule has 0 heterocycles. The number of sulfone groups is 1. The van der Waals surface area contributed by atoms with Gasteiger partial charge in [-0.3, -0.25) is 0 Å². The van der Waals surface area contributed by atoms with Crippen LogP contribution in [0.1, 0.15) is 19.3 Å². The fourth-order valence-electron chi connectivity index (χ4n) is 2.16. The summed E-state index contributed by atoms with van der Waals surface area (Å²) >= 11 is 0. The molecular weight excluding hydrogens is 150 g/mol. The normalized spacial score (nSPS) is 51.4. The molecule has 58 valence electrons. The molecule has 3 rings (SSSR count). The van der Waals surface area contributed by atoms with E-state index in [1.807, 2.05) is 0 Å². The standard InChI is InChI=1S/C6H11NO2S/c1-10(8,9)6-2-5(7,3-6)4-6/h2-4,7H2,1H3. The average molecular weight is 161 g/mol. The molecule has 0 aliphatic heterocycles. The van der Waals surface area contributed by atoms with Crippen LogP contribution in [0.25, 0.3) is 0 Å². The first-order chi connectivity index (χ1) is 4.37. The van der Waals surface area contributed by atoms with Gasteiger partial charge in [-0.15, -0.1) is 0 Å². The fraction of sp³-hybridized carbons (Fsp3) is 1.00. The first-order valence-corrected chi connectivity index (χ1v) is 5.25. The summed E-state index contributed by atoms with van der Waals surface area (Å²) in [6.45, 7) is 0. The minimum absolute atomic E-state index is 0.0942. The zero-order valence-corrected chi connectivity index (χ0v) is 6.74. The Morgan fingerprint density at radius 1 is 1.30 bits per heavy atom. The van der Waals surface area contributed by atoms with Gasteiger partial charge in [0.05, 0.1) is 4.75 Å². The highest BCUT2D eigenvalue weighted by molar-refractivity contribution is 7.92. The highest BCUT2D eigenvalue weighted by Crippen LogP contribution is 2.62. The first-order valence-electron chi connectivity index (χ1n) is 3.36. The fourth-order valence-corrected chi connectivity index (χ4v) is 3.81. The Kier molecular flexibility index (Phi) is 0.843. The van der Waals surface area contributed by atoms with E-state index in [1.165, 1.54) is 6.26 Å². The van der Waals surface area contributed by atoms with Gasteiger partial charge in [0.2, 0.25) is 0 Å². The Balaban J connectivity index is 2.27. The van der Waals surface area contributed by atoms with Gasteiger partial charge in [-0.05, 0) is 19.3 Å². The lowest BCUT2D eigenvalue weighted by Crippen LogP contribution is -2.79. The third-order valence-corrected chi connectivity index (χ3v) is 4.82. The lowest BCUT2D eigenvalue weighted by atomic mass is 9.49. The summed E-state index contributed by atoms with van der Waals surface area (Å²) in [6, 6.07) is 0. The maximum absolute atomic E-state index is 11.1. The lowest BCUT2D eigenvalue weighted by molar-refractivity contribution is 0.0102. The van der Waals surface area contributed by atoms with E-state index < -0.39 is 9.84 Å². The maximum atomic E-state index is 11.1. The second kappa shape index (κ2) is 1.28. The lowest BCUT2D eigenvalue weighted by Gasteiger charge is -2.67. The van der Waals surface area contributed by atoms with Gasteiger partial charge in [0.15, 0.2) is 9.84 Å². The molecule has 0 spiro atoms. The molecular formula is C6H11NO2S. The predicted molar refractivity (Wildman–Crippen MR) is 38.3 cm³/mol. The van der Waals surface area contributed by atoms with Crippen molar-refractivity contribution in [3.05, 3.63) is 0 Å². The minimum atomic E-state index is -2.82. The van der Waals surface area contributed by atoms with Crippen LogP contribution in [0.3, 0.4) is 0 Å². The number of nitrogens with two attached hydrogens (primary N) is 1. The molecule has 2 bridgehead atoms. The molecule has 0 atom stereocenters. The molecule has 0 radical (unpaired) electrons. The third-order valence-electron chi connectivity index (χ3n) is 2.81. The van der Waals surface area contributed by atoms with Crippen LogP contribution in [0.5, 0.6) is 0 Å². The average Bonchev–Trinajstić information content (AvgIpc) is 1.51. The molecule has 3 aliphatic rings. The summed E-state index contributed by atoms with van der Waals surface area (Å²) < 4.78 is 21.7. The van der Waals surface area contributed by atoms with Crippen LogP contribution >= 0.6 is 0 Å². The van der Waals surface area contributed by atoms with Gasteiger partial charge in [-0.25, -0.2) is 8.42 Å². The number of rotatable bonds is 1. The van der Waals surface area contributed by atoms with E-state index in [1.54, 1.807) is 0 Å². The van der Waals surface area contributed by atoms with E-state index >= 15 is 0 Å². The largest absolute Gasteiger partial charge is 0.325 e. The molecule has 0 amide bonds. The molecule has 4 heteroatoms. The summed E-state index contributed by atoms with van der Waals surface area (Å²) in [5.74, 6) is 0. The minimum Gasteiger partial charge on any atom is -0.325 e. The van der Waals surface area contributed by atoms with Crippen molar-refractivity contribution >= 4 is 9.84 Å². The summed E-state index contributed by atoms with van der Waals surface area (Å²) in [4.78, 5) is 0. The van der Waals surface area contributed by atoms with Crippen LogP contribution in [-0.4, -0.2) is 25.0 Å². The van der Waals surface area contributed by atoms with Gasteiger partial charge in [-0.1, -0.05) is 0 Å². The van der Waals surface area contributed by atoms with Crippen molar-refractivity contribution < 1.29 is 8.42 Å². The van der Waals surface area contributed by atoms with Crippen LogP contribution in [0.4, 0.5) is 0 Å². The first kappa shape index (κ1) is 6.61. The Bertz CT molecular complexity index is 260. The van der Waals surface area contributed by atoms with Gasteiger partial charge in [0.1, 0.15) is 0 Å². The van der Waals surface area contributed by atoms with Crippen molar-refractivity contribution in [3.8, 4) is 0 Å². The van der Waals surface area contributed by atoms with Crippen LogP contribution in [0.2, 0.25) is 0 Å². The summed E-state index contributed by atoms with van der Waals surface area (Å²) in [5, 5.41) is 0. The predicted octanol–water partition coefficient (Wildman–Crippen LogP) is -0.335. The van der Waals surface area contributed by atoms with E-state index in [4.69, 9.17) is 5.73 Å². The van der Waals surface area contributed by atoms with Crippen LogP contribution < -0.4 is 5.73 Å². The smallest absolute Gasteiger partial charge is 0.153 e. The SMILES string of the molecule is CS(=O)(=O)C12CC(N)(C1)C2. The quantitative estimate of drug-likeness (QED) is 0.572. The van der Waals surface area contributed by atoms with Crippen molar-refractivity contribution in [2.45, 2.75) is 29.5 Å². The van der Waals surface area contributed by atoms with Crippen LogP contribution in [0, 0.1) is 0 Å². The molecule has 3 aliphatic carbocycles. The van der Waals surface area contributed by atoms with Gasteiger partial charge in [0.25, 0.3) is 0 Å². The van der Waals surface area contributed by atoms with Crippen LogP contribution in [0.15, 0.2) is 0 Å². The van der Waals surface area contributed by atoms with Crippen molar-refractivity contribution in [3.63, 3.8) is 0 Å². The third kappa shape index (κ3) is 0.522. The second-order valence-corrected chi connectivity index (χ2v) is 6.26. The highest BCUT2D eigenvalue weighted by atomic mass is 32.2. The molecule has 0 aromatic heterocycles. The van der Waals surface area contributed by atoms with Crippen molar-refractivity contribution in [1.82, 2.24) is 0 Å². The molecule has 2 N–H and O–H groups in total. The second-order valence-electron chi connectivity index (χ2n) is 3.85. The summed E-state index contributed by atoms with van der Waals surface area (Å²) in [6.07, 6.45) is 3.39. The molecule has 0 aromatic carbocycles. The van der Waals surface area contributed by atoms with E-state index in [0.29, 0.717) is 19.3 Å². The molecule has 3 fully saturated rings. The number of hydrogen-bond acceptors (Lipinski definition) is 3. The Morgan fingerprint density at radius 3 is 1.80 bits per heavy atom. The van der Waals surface area contributed by atoms with Gasteiger partial charge < -0.3 is 5.73 Å². The van der Waals surface area contributed by atoms with Crippen molar-refractivity contribution in [2.24, 2.45) is 5.73 Å².